The van der Waals surface area contributed by atoms with Crippen LogP contribution in [0, 0.1) is 17.0 Å². The molecular formula is C10H8F3NO3. The van der Waals surface area contributed by atoms with E-state index in [1.54, 1.807) is 0 Å². The molecule has 0 spiro atoms. The van der Waals surface area contributed by atoms with Gasteiger partial charge in [-0.2, -0.15) is 13.2 Å². The summed E-state index contributed by atoms with van der Waals surface area (Å²) in [6.45, 7) is 2.27. The van der Waals surface area contributed by atoms with Crippen LogP contribution >= 0.6 is 0 Å². The molecule has 0 heterocycles. The van der Waals surface area contributed by atoms with Gasteiger partial charge in [-0.3, -0.25) is 14.9 Å². The number of hydrogen-bond donors (Lipinski definition) is 0. The van der Waals surface area contributed by atoms with Crippen molar-refractivity contribution >= 4 is 11.5 Å². The van der Waals surface area contributed by atoms with Crippen molar-refractivity contribution in [1.82, 2.24) is 0 Å². The van der Waals surface area contributed by atoms with Crippen molar-refractivity contribution in [3.05, 3.63) is 38.9 Å². The van der Waals surface area contributed by atoms with E-state index in [2.05, 4.69) is 0 Å². The van der Waals surface area contributed by atoms with Crippen molar-refractivity contribution in [3.63, 3.8) is 0 Å². The van der Waals surface area contributed by atoms with Crippen LogP contribution < -0.4 is 0 Å². The van der Waals surface area contributed by atoms with Crippen LogP contribution in [0.3, 0.4) is 0 Å². The molecule has 1 aromatic carbocycles. The van der Waals surface area contributed by atoms with Crippen LogP contribution in [0.2, 0.25) is 0 Å². The van der Waals surface area contributed by atoms with Crippen molar-refractivity contribution in [2.45, 2.75) is 20.0 Å². The summed E-state index contributed by atoms with van der Waals surface area (Å²) < 4.78 is 37.6. The molecule has 0 radical (unpaired) electrons. The lowest BCUT2D eigenvalue weighted by molar-refractivity contribution is -0.388. The smallest absolute Gasteiger partial charge is 0.294 e. The second-order valence-electron chi connectivity index (χ2n) is 3.45. The van der Waals surface area contributed by atoms with E-state index in [0.717, 1.165) is 19.9 Å². The summed E-state index contributed by atoms with van der Waals surface area (Å²) in [6.07, 6.45) is -4.82. The van der Waals surface area contributed by atoms with Gasteiger partial charge in [0.2, 0.25) is 0 Å². The highest BCUT2D eigenvalue weighted by Crippen LogP contribution is 2.38. The van der Waals surface area contributed by atoms with Gasteiger partial charge in [0.25, 0.3) is 5.69 Å². The van der Waals surface area contributed by atoms with Crippen LogP contribution in [0.5, 0.6) is 0 Å². The number of ketones is 1. The number of nitro benzene ring substituents is 1. The lowest BCUT2D eigenvalue weighted by Gasteiger charge is -2.10. The summed E-state index contributed by atoms with van der Waals surface area (Å²) in [6, 6.07) is 1.51. The van der Waals surface area contributed by atoms with Gasteiger partial charge in [0.1, 0.15) is 5.56 Å². The molecule has 92 valence electrons. The Balaban J connectivity index is 3.63. The minimum Gasteiger partial charge on any atom is -0.294 e. The summed E-state index contributed by atoms with van der Waals surface area (Å²) >= 11 is 0. The molecule has 0 aromatic heterocycles. The SMILES string of the molecule is CC(=O)c1ccc(C(F)(F)F)c([N+](=O)[O-])c1C. The van der Waals surface area contributed by atoms with Crippen molar-refractivity contribution in [1.29, 1.82) is 0 Å². The van der Waals surface area contributed by atoms with E-state index in [9.17, 15) is 28.1 Å². The molecule has 0 saturated carbocycles. The normalized spacial score (nSPS) is 11.4. The lowest BCUT2D eigenvalue weighted by Crippen LogP contribution is -2.12. The zero-order valence-corrected chi connectivity index (χ0v) is 8.96. The van der Waals surface area contributed by atoms with Gasteiger partial charge < -0.3 is 0 Å². The lowest BCUT2D eigenvalue weighted by atomic mass is 9.99. The first kappa shape index (κ1) is 13.1. The average Bonchev–Trinajstić information content (AvgIpc) is 2.14. The van der Waals surface area contributed by atoms with E-state index in [1.165, 1.54) is 0 Å². The summed E-state index contributed by atoms with van der Waals surface area (Å²) in [5, 5.41) is 10.7. The second-order valence-corrected chi connectivity index (χ2v) is 3.45. The van der Waals surface area contributed by atoms with Crippen LogP contribution in [-0.2, 0) is 6.18 Å². The van der Waals surface area contributed by atoms with Crippen LogP contribution in [-0.4, -0.2) is 10.7 Å². The maximum absolute atomic E-state index is 12.5. The fourth-order valence-corrected chi connectivity index (χ4v) is 1.55. The van der Waals surface area contributed by atoms with Crippen LogP contribution in [0.25, 0.3) is 0 Å². The highest BCUT2D eigenvalue weighted by atomic mass is 19.4. The number of Topliss-reactive ketones (excluding diaryl/α,β-unsaturated/α-hetero) is 1. The first-order valence-electron chi connectivity index (χ1n) is 4.52. The average molecular weight is 247 g/mol. The van der Waals surface area contributed by atoms with Crippen molar-refractivity contribution in [2.24, 2.45) is 0 Å². The Morgan fingerprint density at radius 2 is 1.88 bits per heavy atom. The third kappa shape index (κ3) is 2.43. The van der Waals surface area contributed by atoms with Crippen LogP contribution in [0.1, 0.15) is 28.4 Å². The molecule has 0 aliphatic carbocycles. The van der Waals surface area contributed by atoms with Crippen molar-refractivity contribution < 1.29 is 22.9 Å². The standard InChI is InChI=1S/C10H8F3NO3/c1-5-7(6(2)15)3-4-8(10(11,12)13)9(5)14(16)17/h3-4H,1-2H3. The van der Waals surface area contributed by atoms with Gasteiger partial charge in [-0.1, -0.05) is 6.07 Å². The molecule has 0 aliphatic rings. The van der Waals surface area contributed by atoms with E-state index in [-0.39, 0.29) is 11.1 Å². The largest absolute Gasteiger partial charge is 0.423 e. The molecule has 4 nitrogen and oxygen atoms in total. The fraction of sp³-hybridized carbons (Fsp3) is 0.300. The third-order valence-corrected chi connectivity index (χ3v) is 2.30. The number of nitrogens with zero attached hydrogens (tertiary/aromatic N) is 1. The van der Waals surface area contributed by atoms with E-state index in [1.807, 2.05) is 0 Å². The van der Waals surface area contributed by atoms with E-state index < -0.39 is 28.1 Å². The Labute approximate surface area is 94.2 Å². The summed E-state index contributed by atoms with van der Waals surface area (Å²) in [7, 11) is 0. The predicted molar refractivity (Wildman–Crippen MR) is 52.8 cm³/mol. The zero-order valence-electron chi connectivity index (χ0n) is 8.96. The summed E-state index contributed by atoms with van der Waals surface area (Å²) in [5.41, 5.74) is -2.75. The molecule has 0 bridgehead atoms. The minimum atomic E-state index is -4.82. The number of carbonyl (C=O) groups excluding carboxylic acids is 1. The molecule has 17 heavy (non-hydrogen) atoms. The van der Waals surface area contributed by atoms with E-state index >= 15 is 0 Å². The topological polar surface area (TPSA) is 60.2 Å². The number of alkyl halides is 3. The Morgan fingerprint density at radius 1 is 1.35 bits per heavy atom. The Bertz CT molecular complexity index is 494. The molecule has 1 rings (SSSR count). The van der Waals surface area contributed by atoms with E-state index in [0.29, 0.717) is 6.07 Å². The molecule has 0 atom stereocenters. The number of nitro groups is 1. The molecular weight excluding hydrogens is 239 g/mol. The van der Waals surface area contributed by atoms with E-state index in [4.69, 9.17) is 0 Å². The Kier molecular flexibility index (Phi) is 3.21. The number of rotatable bonds is 2. The quantitative estimate of drug-likeness (QED) is 0.458. The summed E-state index contributed by atoms with van der Waals surface area (Å²) in [5.74, 6) is -0.515. The minimum absolute atomic E-state index is 0.0790. The van der Waals surface area contributed by atoms with Gasteiger partial charge in [0.15, 0.2) is 5.78 Å². The fourth-order valence-electron chi connectivity index (χ4n) is 1.55. The molecule has 0 fully saturated rings. The van der Waals surface area contributed by atoms with Gasteiger partial charge in [-0.15, -0.1) is 0 Å². The van der Waals surface area contributed by atoms with Gasteiger partial charge >= 0.3 is 6.18 Å². The maximum Gasteiger partial charge on any atom is 0.423 e. The van der Waals surface area contributed by atoms with Gasteiger partial charge in [-0.05, 0) is 19.9 Å². The zero-order chi connectivity index (χ0) is 13.4. The van der Waals surface area contributed by atoms with Crippen molar-refractivity contribution in [2.75, 3.05) is 0 Å². The van der Waals surface area contributed by atoms with Crippen LogP contribution in [0.15, 0.2) is 12.1 Å². The Hall–Kier alpha value is -1.92. The number of halogens is 3. The van der Waals surface area contributed by atoms with Gasteiger partial charge in [0.05, 0.1) is 4.92 Å². The maximum atomic E-state index is 12.5. The van der Waals surface area contributed by atoms with Gasteiger partial charge in [-0.25, -0.2) is 0 Å². The second kappa shape index (κ2) is 4.15. The predicted octanol–water partition coefficient (Wildman–Crippen LogP) is 3.12. The monoisotopic (exact) mass is 247 g/mol. The van der Waals surface area contributed by atoms with Gasteiger partial charge in [0, 0.05) is 11.1 Å². The highest BCUT2D eigenvalue weighted by Gasteiger charge is 2.39. The molecule has 0 N–H and O–H groups in total. The molecule has 7 heteroatoms. The molecule has 0 saturated heterocycles. The first-order chi connectivity index (χ1) is 7.66. The molecule has 1 aromatic rings. The molecule has 0 aliphatic heterocycles. The summed E-state index contributed by atoms with van der Waals surface area (Å²) in [4.78, 5) is 20.6. The third-order valence-electron chi connectivity index (χ3n) is 2.30. The highest BCUT2D eigenvalue weighted by molar-refractivity contribution is 5.96. The molecule has 0 unspecified atom stereocenters. The number of benzene rings is 1. The Morgan fingerprint density at radius 3 is 2.24 bits per heavy atom. The number of carbonyl (C=O) groups is 1. The first-order valence-corrected chi connectivity index (χ1v) is 4.52. The van der Waals surface area contributed by atoms with Crippen molar-refractivity contribution in [3.8, 4) is 0 Å². The molecule has 0 amide bonds. The number of hydrogen-bond acceptors (Lipinski definition) is 3. The van der Waals surface area contributed by atoms with Crippen LogP contribution in [0.4, 0.5) is 18.9 Å².